The molecule has 0 radical (unpaired) electrons. The summed E-state index contributed by atoms with van der Waals surface area (Å²) < 4.78 is 0. The molecule has 3 fully saturated rings. The Morgan fingerprint density at radius 1 is 0.909 bits per heavy atom. The van der Waals surface area contributed by atoms with Gasteiger partial charge >= 0.3 is 0 Å². The minimum absolute atomic E-state index is 0.0827. The highest BCUT2D eigenvalue weighted by Crippen LogP contribution is 2.58. The molecule has 0 amide bonds. The van der Waals surface area contributed by atoms with E-state index in [2.05, 4.69) is 0 Å². The van der Waals surface area contributed by atoms with E-state index in [1.165, 1.54) is 25.7 Å². The molecule has 2 bridgehead atoms. The summed E-state index contributed by atoms with van der Waals surface area (Å²) in [6.45, 7) is 0. The summed E-state index contributed by atoms with van der Waals surface area (Å²) in [6, 6.07) is 0. The van der Waals surface area contributed by atoms with E-state index in [4.69, 9.17) is 0 Å². The van der Waals surface area contributed by atoms with Gasteiger partial charge in [0.2, 0.25) is 0 Å². The second-order valence-corrected chi connectivity index (χ2v) is 4.72. The fourth-order valence-electron chi connectivity index (χ4n) is 4.03. The lowest BCUT2D eigenvalue weighted by molar-refractivity contribution is 0.0642. The lowest BCUT2D eigenvalue weighted by Gasteiger charge is -2.28. The minimum atomic E-state index is 0.0827. The lowest BCUT2D eigenvalue weighted by atomic mass is 9.80. The van der Waals surface area contributed by atoms with Gasteiger partial charge in [-0.3, -0.25) is 0 Å². The summed E-state index contributed by atoms with van der Waals surface area (Å²) in [5, 5.41) is 9.67. The summed E-state index contributed by atoms with van der Waals surface area (Å²) in [5.74, 6) is 3.60. The number of hydrogen-bond acceptors (Lipinski definition) is 1. The molecule has 5 atom stereocenters. The van der Waals surface area contributed by atoms with E-state index in [-0.39, 0.29) is 6.10 Å². The van der Waals surface area contributed by atoms with Gasteiger partial charge in [0, 0.05) is 0 Å². The molecule has 0 saturated heterocycles. The first-order valence-corrected chi connectivity index (χ1v) is 5.04. The largest absolute Gasteiger partial charge is 0.393 e. The Bertz CT molecular complexity index is 178. The van der Waals surface area contributed by atoms with Gasteiger partial charge in [-0.05, 0) is 49.4 Å². The highest BCUT2D eigenvalue weighted by Gasteiger charge is 2.53. The quantitative estimate of drug-likeness (QED) is 0.561. The normalized spacial score (nSPS) is 60.3. The SMILES string of the molecule is O[C@H]1C[C@H]2C[C@@H]1[C@@H]1CCCC21. The molecule has 3 aliphatic carbocycles. The van der Waals surface area contributed by atoms with Crippen LogP contribution in [0.3, 0.4) is 0 Å². The van der Waals surface area contributed by atoms with Crippen LogP contribution >= 0.6 is 0 Å². The van der Waals surface area contributed by atoms with Gasteiger partial charge in [-0.25, -0.2) is 0 Å². The van der Waals surface area contributed by atoms with Crippen LogP contribution in [0, 0.1) is 23.7 Å². The van der Waals surface area contributed by atoms with Gasteiger partial charge in [0.05, 0.1) is 6.10 Å². The van der Waals surface area contributed by atoms with Gasteiger partial charge in [0.15, 0.2) is 0 Å². The fourth-order valence-corrected chi connectivity index (χ4v) is 4.03. The Hall–Kier alpha value is -0.0400. The second-order valence-electron chi connectivity index (χ2n) is 4.72. The molecule has 0 aromatic rings. The Morgan fingerprint density at radius 3 is 2.64 bits per heavy atom. The maximum absolute atomic E-state index is 9.67. The zero-order valence-electron chi connectivity index (χ0n) is 6.87. The van der Waals surface area contributed by atoms with E-state index in [9.17, 15) is 5.11 Å². The van der Waals surface area contributed by atoms with Crippen molar-refractivity contribution in [3.05, 3.63) is 0 Å². The van der Waals surface area contributed by atoms with E-state index in [0.717, 1.165) is 24.2 Å². The Labute approximate surface area is 67.8 Å². The van der Waals surface area contributed by atoms with Crippen molar-refractivity contribution in [2.75, 3.05) is 0 Å². The van der Waals surface area contributed by atoms with Crippen molar-refractivity contribution in [1.29, 1.82) is 0 Å². The monoisotopic (exact) mass is 152 g/mol. The van der Waals surface area contributed by atoms with Crippen molar-refractivity contribution in [2.24, 2.45) is 23.7 Å². The average Bonchev–Trinajstić information content (AvgIpc) is 2.52. The molecule has 0 aromatic carbocycles. The minimum Gasteiger partial charge on any atom is -0.393 e. The number of aliphatic hydroxyl groups is 1. The molecule has 0 aromatic heterocycles. The number of aliphatic hydroxyl groups excluding tert-OH is 1. The molecular weight excluding hydrogens is 136 g/mol. The topological polar surface area (TPSA) is 20.2 Å². The third-order valence-corrected chi connectivity index (χ3v) is 4.39. The molecule has 1 unspecified atom stereocenters. The molecule has 0 aliphatic heterocycles. The Morgan fingerprint density at radius 2 is 1.73 bits per heavy atom. The molecule has 3 aliphatic rings. The molecule has 3 saturated carbocycles. The van der Waals surface area contributed by atoms with E-state index in [1.807, 2.05) is 0 Å². The number of fused-ring (bicyclic) bond motifs is 5. The molecule has 0 heterocycles. The first kappa shape index (κ1) is 6.47. The molecule has 62 valence electrons. The molecule has 3 rings (SSSR count). The zero-order chi connectivity index (χ0) is 7.42. The summed E-state index contributed by atoms with van der Waals surface area (Å²) in [7, 11) is 0. The van der Waals surface area contributed by atoms with Crippen LogP contribution in [0.2, 0.25) is 0 Å². The van der Waals surface area contributed by atoms with Crippen LogP contribution in [-0.4, -0.2) is 11.2 Å². The van der Waals surface area contributed by atoms with Crippen LogP contribution in [0.15, 0.2) is 0 Å². The molecule has 1 heteroatoms. The first-order valence-electron chi connectivity index (χ1n) is 5.04. The number of hydrogen-bond donors (Lipinski definition) is 1. The lowest BCUT2D eigenvalue weighted by Crippen LogP contribution is -2.27. The highest BCUT2D eigenvalue weighted by atomic mass is 16.3. The highest BCUT2D eigenvalue weighted by molar-refractivity contribution is 5.02. The third-order valence-electron chi connectivity index (χ3n) is 4.39. The van der Waals surface area contributed by atoms with Crippen molar-refractivity contribution in [1.82, 2.24) is 0 Å². The molecule has 1 nitrogen and oxygen atoms in total. The van der Waals surface area contributed by atoms with Gasteiger partial charge in [-0.15, -0.1) is 0 Å². The predicted octanol–water partition coefficient (Wildman–Crippen LogP) is 1.80. The van der Waals surface area contributed by atoms with Crippen molar-refractivity contribution >= 4 is 0 Å². The smallest absolute Gasteiger partial charge is 0.0574 e. The van der Waals surface area contributed by atoms with Crippen molar-refractivity contribution in [2.45, 2.75) is 38.2 Å². The molecular formula is C10H16O. The van der Waals surface area contributed by atoms with E-state index < -0.39 is 0 Å². The Balaban J connectivity index is 1.90. The predicted molar refractivity (Wildman–Crippen MR) is 43.1 cm³/mol. The van der Waals surface area contributed by atoms with Crippen molar-refractivity contribution in [3.8, 4) is 0 Å². The van der Waals surface area contributed by atoms with Gasteiger partial charge in [-0.1, -0.05) is 6.42 Å². The van der Waals surface area contributed by atoms with Crippen LogP contribution < -0.4 is 0 Å². The van der Waals surface area contributed by atoms with Crippen molar-refractivity contribution < 1.29 is 5.11 Å². The van der Waals surface area contributed by atoms with E-state index >= 15 is 0 Å². The van der Waals surface area contributed by atoms with E-state index in [0.29, 0.717) is 5.92 Å². The van der Waals surface area contributed by atoms with Crippen LogP contribution in [0.25, 0.3) is 0 Å². The standard InChI is InChI=1S/C10H16O/c11-10-5-6-4-9(10)8-3-1-2-7(6)8/h6-11H,1-5H2/t6-,7?,8-,9-,10+/m1/s1. The number of rotatable bonds is 0. The fraction of sp³-hybridized carbons (Fsp3) is 1.00. The van der Waals surface area contributed by atoms with Gasteiger partial charge in [0.25, 0.3) is 0 Å². The van der Waals surface area contributed by atoms with Crippen LogP contribution in [0.1, 0.15) is 32.1 Å². The summed E-state index contributed by atoms with van der Waals surface area (Å²) in [6.07, 6.45) is 6.90. The summed E-state index contributed by atoms with van der Waals surface area (Å²) in [5.41, 5.74) is 0. The van der Waals surface area contributed by atoms with Gasteiger partial charge in [-0.2, -0.15) is 0 Å². The van der Waals surface area contributed by atoms with Crippen molar-refractivity contribution in [3.63, 3.8) is 0 Å². The van der Waals surface area contributed by atoms with Crippen LogP contribution in [0.5, 0.6) is 0 Å². The maximum Gasteiger partial charge on any atom is 0.0574 e. The van der Waals surface area contributed by atoms with Crippen LogP contribution in [0.4, 0.5) is 0 Å². The molecule has 1 N–H and O–H groups in total. The first-order chi connectivity index (χ1) is 5.36. The molecule has 11 heavy (non-hydrogen) atoms. The Kier molecular flexibility index (Phi) is 1.18. The third kappa shape index (κ3) is 0.703. The zero-order valence-corrected chi connectivity index (χ0v) is 6.87. The van der Waals surface area contributed by atoms with Crippen LogP contribution in [-0.2, 0) is 0 Å². The summed E-state index contributed by atoms with van der Waals surface area (Å²) >= 11 is 0. The molecule has 0 spiro atoms. The average molecular weight is 152 g/mol. The van der Waals surface area contributed by atoms with E-state index in [1.54, 1.807) is 0 Å². The maximum atomic E-state index is 9.67. The van der Waals surface area contributed by atoms with Gasteiger partial charge < -0.3 is 5.11 Å². The second kappa shape index (κ2) is 2.01. The summed E-state index contributed by atoms with van der Waals surface area (Å²) in [4.78, 5) is 0. The van der Waals surface area contributed by atoms with Gasteiger partial charge in [0.1, 0.15) is 0 Å².